The second-order valence-corrected chi connectivity index (χ2v) is 7.24. The number of aliphatic hydroxyl groups excluding tert-OH is 1. The average Bonchev–Trinajstić information content (AvgIpc) is 3.27. The van der Waals surface area contributed by atoms with E-state index in [9.17, 15) is 5.26 Å². The summed E-state index contributed by atoms with van der Waals surface area (Å²) in [5.74, 6) is 0. The second kappa shape index (κ2) is 8.79. The van der Waals surface area contributed by atoms with E-state index in [1.165, 1.54) is 16.2 Å². The SMILES string of the molecule is N#Cc1c(-c2ccccc2)csc1OCc1csc(CNCCO)c1. The first-order chi connectivity index (χ1) is 12.3. The lowest BCUT2D eigenvalue weighted by molar-refractivity contribution is 0.292. The summed E-state index contributed by atoms with van der Waals surface area (Å²) in [6.45, 7) is 1.92. The predicted octanol–water partition coefficient (Wildman–Crippen LogP) is 4.01. The second-order valence-electron chi connectivity index (χ2n) is 5.40. The number of rotatable bonds is 8. The van der Waals surface area contributed by atoms with Crippen LogP contribution in [0.3, 0.4) is 0 Å². The maximum atomic E-state index is 9.52. The molecule has 2 heterocycles. The zero-order valence-corrected chi connectivity index (χ0v) is 15.2. The molecule has 4 nitrogen and oxygen atoms in total. The molecule has 0 radical (unpaired) electrons. The van der Waals surface area contributed by atoms with Crippen molar-refractivity contribution in [2.24, 2.45) is 0 Å². The van der Waals surface area contributed by atoms with Crippen molar-refractivity contribution in [3.8, 4) is 22.3 Å². The monoisotopic (exact) mass is 370 g/mol. The fraction of sp³-hybridized carbons (Fsp3) is 0.211. The Morgan fingerprint density at radius 2 is 2.00 bits per heavy atom. The molecule has 0 amide bonds. The minimum Gasteiger partial charge on any atom is -0.478 e. The minimum atomic E-state index is 0.139. The summed E-state index contributed by atoms with van der Waals surface area (Å²) in [6.07, 6.45) is 0. The van der Waals surface area contributed by atoms with Crippen LogP contribution in [0.5, 0.6) is 5.06 Å². The van der Waals surface area contributed by atoms with E-state index in [1.807, 2.05) is 35.7 Å². The van der Waals surface area contributed by atoms with Crippen LogP contribution in [0.4, 0.5) is 0 Å². The normalized spacial score (nSPS) is 10.6. The van der Waals surface area contributed by atoms with Gasteiger partial charge < -0.3 is 15.2 Å². The fourth-order valence-electron chi connectivity index (χ4n) is 2.42. The van der Waals surface area contributed by atoms with E-state index < -0.39 is 0 Å². The van der Waals surface area contributed by atoms with Crippen LogP contribution in [0.25, 0.3) is 11.1 Å². The highest BCUT2D eigenvalue weighted by Crippen LogP contribution is 2.37. The molecule has 0 aliphatic heterocycles. The number of nitriles is 1. The smallest absolute Gasteiger partial charge is 0.192 e. The van der Waals surface area contributed by atoms with E-state index in [1.54, 1.807) is 11.3 Å². The highest BCUT2D eigenvalue weighted by Gasteiger charge is 2.14. The Balaban J connectivity index is 1.66. The number of nitrogens with one attached hydrogen (secondary N) is 1. The fourth-order valence-corrected chi connectivity index (χ4v) is 4.14. The minimum absolute atomic E-state index is 0.139. The Kier molecular flexibility index (Phi) is 6.20. The number of nitrogens with zero attached hydrogens (tertiary/aromatic N) is 1. The average molecular weight is 370 g/mol. The van der Waals surface area contributed by atoms with Crippen molar-refractivity contribution in [1.29, 1.82) is 5.26 Å². The van der Waals surface area contributed by atoms with Gasteiger partial charge in [-0.2, -0.15) is 5.26 Å². The zero-order chi connectivity index (χ0) is 17.5. The summed E-state index contributed by atoms with van der Waals surface area (Å²) >= 11 is 3.12. The van der Waals surface area contributed by atoms with Crippen molar-refractivity contribution in [3.05, 3.63) is 63.2 Å². The highest BCUT2D eigenvalue weighted by atomic mass is 32.1. The lowest BCUT2D eigenvalue weighted by Crippen LogP contribution is -2.16. The van der Waals surface area contributed by atoms with Crippen LogP contribution in [0.2, 0.25) is 0 Å². The molecule has 3 rings (SSSR count). The lowest BCUT2D eigenvalue weighted by atomic mass is 10.1. The third kappa shape index (κ3) is 4.47. The van der Waals surface area contributed by atoms with Crippen molar-refractivity contribution >= 4 is 22.7 Å². The van der Waals surface area contributed by atoms with Gasteiger partial charge in [0.05, 0.1) is 6.61 Å². The van der Waals surface area contributed by atoms with Gasteiger partial charge in [-0.05, 0) is 17.0 Å². The molecule has 0 aliphatic carbocycles. The first kappa shape index (κ1) is 17.6. The zero-order valence-electron chi connectivity index (χ0n) is 13.6. The number of benzene rings is 1. The molecule has 2 aromatic heterocycles. The molecule has 1 aromatic carbocycles. The van der Waals surface area contributed by atoms with Crippen LogP contribution in [0.1, 0.15) is 16.0 Å². The topological polar surface area (TPSA) is 65.3 Å². The van der Waals surface area contributed by atoms with E-state index >= 15 is 0 Å². The molecule has 0 saturated heterocycles. The molecular weight excluding hydrogens is 352 g/mol. The van der Waals surface area contributed by atoms with Gasteiger partial charge in [-0.25, -0.2) is 0 Å². The molecule has 128 valence electrons. The van der Waals surface area contributed by atoms with Gasteiger partial charge in [0.25, 0.3) is 0 Å². The van der Waals surface area contributed by atoms with Crippen molar-refractivity contribution in [3.63, 3.8) is 0 Å². The molecule has 2 N–H and O–H groups in total. The van der Waals surface area contributed by atoms with Crippen LogP contribution in [-0.4, -0.2) is 18.3 Å². The first-order valence-electron chi connectivity index (χ1n) is 7.89. The summed E-state index contributed by atoms with van der Waals surface area (Å²) in [4.78, 5) is 1.20. The molecule has 0 bridgehead atoms. The Bertz CT molecular complexity index is 850. The van der Waals surface area contributed by atoms with Gasteiger partial charge in [0.2, 0.25) is 0 Å². The molecule has 0 saturated carbocycles. The Hall–Kier alpha value is -2.17. The van der Waals surface area contributed by atoms with Gasteiger partial charge in [0, 0.05) is 34.5 Å². The largest absolute Gasteiger partial charge is 0.478 e. The number of hydrogen-bond acceptors (Lipinski definition) is 6. The van der Waals surface area contributed by atoms with Crippen molar-refractivity contribution in [2.45, 2.75) is 13.2 Å². The summed E-state index contributed by atoms with van der Waals surface area (Å²) < 4.78 is 5.90. The number of thiophene rings is 2. The van der Waals surface area contributed by atoms with E-state index in [-0.39, 0.29) is 6.61 Å². The maximum Gasteiger partial charge on any atom is 0.192 e. The molecule has 0 atom stereocenters. The van der Waals surface area contributed by atoms with Crippen LogP contribution >= 0.6 is 22.7 Å². The first-order valence-corrected chi connectivity index (χ1v) is 9.65. The maximum absolute atomic E-state index is 9.52. The lowest BCUT2D eigenvalue weighted by Gasteiger charge is -2.03. The van der Waals surface area contributed by atoms with Crippen LogP contribution in [-0.2, 0) is 13.2 Å². The van der Waals surface area contributed by atoms with Gasteiger partial charge in [-0.3, -0.25) is 0 Å². The molecular formula is C19H18N2O2S2. The predicted molar refractivity (Wildman–Crippen MR) is 102 cm³/mol. The molecule has 0 spiro atoms. The van der Waals surface area contributed by atoms with Crippen molar-refractivity contribution in [1.82, 2.24) is 5.32 Å². The summed E-state index contributed by atoms with van der Waals surface area (Å²) in [6, 6.07) is 14.2. The molecule has 0 unspecified atom stereocenters. The number of ether oxygens (including phenoxy) is 1. The van der Waals surface area contributed by atoms with E-state index in [4.69, 9.17) is 9.84 Å². The summed E-state index contributed by atoms with van der Waals surface area (Å²) in [7, 11) is 0. The molecule has 0 aliphatic rings. The van der Waals surface area contributed by atoms with Gasteiger partial charge in [-0.1, -0.05) is 30.3 Å². The molecule has 0 fully saturated rings. The van der Waals surface area contributed by atoms with E-state index in [0.717, 1.165) is 23.2 Å². The molecule has 3 aromatic rings. The molecule has 6 heteroatoms. The third-order valence-electron chi connectivity index (χ3n) is 3.62. The van der Waals surface area contributed by atoms with Crippen molar-refractivity contribution in [2.75, 3.05) is 13.2 Å². The van der Waals surface area contributed by atoms with E-state index in [0.29, 0.717) is 23.8 Å². The van der Waals surface area contributed by atoms with Gasteiger partial charge in [-0.15, -0.1) is 22.7 Å². The van der Waals surface area contributed by atoms with E-state index in [2.05, 4.69) is 22.8 Å². The number of hydrogen-bond donors (Lipinski definition) is 2. The van der Waals surface area contributed by atoms with Crippen molar-refractivity contribution < 1.29 is 9.84 Å². The number of aliphatic hydroxyl groups is 1. The Labute approximate surface area is 155 Å². The Morgan fingerprint density at radius 1 is 1.16 bits per heavy atom. The van der Waals surface area contributed by atoms with Crippen LogP contribution in [0, 0.1) is 11.3 Å². The van der Waals surface area contributed by atoms with Crippen LogP contribution in [0.15, 0.2) is 47.2 Å². The highest BCUT2D eigenvalue weighted by molar-refractivity contribution is 7.12. The van der Waals surface area contributed by atoms with Gasteiger partial charge in [0.15, 0.2) is 5.06 Å². The summed E-state index contributed by atoms with van der Waals surface area (Å²) in [5.41, 5.74) is 3.63. The molecule has 25 heavy (non-hydrogen) atoms. The Morgan fingerprint density at radius 3 is 2.76 bits per heavy atom. The van der Waals surface area contributed by atoms with Gasteiger partial charge >= 0.3 is 0 Å². The van der Waals surface area contributed by atoms with Crippen LogP contribution < -0.4 is 10.1 Å². The van der Waals surface area contributed by atoms with Gasteiger partial charge in [0.1, 0.15) is 18.2 Å². The quantitative estimate of drug-likeness (QED) is 0.588. The third-order valence-corrected chi connectivity index (χ3v) is 5.49. The standard InChI is InChI=1S/C19H18N2O2S2/c20-9-17-18(15-4-2-1-3-5-15)13-25-19(17)23-11-14-8-16(24-12-14)10-21-6-7-22/h1-5,8,12-13,21-22H,6-7,10-11H2. The summed E-state index contributed by atoms with van der Waals surface area (Å²) in [5, 5.41) is 26.2.